The molecule has 1 aliphatic carbocycles. The molecule has 0 unspecified atom stereocenters. The average molecular weight is 505 g/mol. The number of nitrogens with zero attached hydrogens (tertiary/aromatic N) is 2. The number of rotatable bonds is 8. The van der Waals surface area contributed by atoms with Crippen LogP contribution in [0.15, 0.2) is 48.7 Å². The fraction of sp³-hybridized carbons (Fsp3) is 0.548. The van der Waals surface area contributed by atoms with Crippen molar-refractivity contribution in [3.8, 4) is 0 Å². The van der Waals surface area contributed by atoms with Gasteiger partial charge in [-0.05, 0) is 63.1 Å². The van der Waals surface area contributed by atoms with E-state index in [1.807, 2.05) is 63.2 Å². The summed E-state index contributed by atoms with van der Waals surface area (Å²) < 4.78 is 5.68. The number of carbonyl (C=O) groups excluding carboxylic acids is 3. The van der Waals surface area contributed by atoms with Gasteiger partial charge >= 0.3 is 6.09 Å². The maximum atomic E-state index is 13.7. The van der Waals surface area contributed by atoms with Crippen LogP contribution in [0.2, 0.25) is 0 Å². The van der Waals surface area contributed by atoms with Crippen molar-refractivity contribution < 1.29 is 19.1 Å². The number of aryl methyl sites for hydroxylation is 1. The maximum Gasteiger partial charge on any atom is 0.410 e. The van der Waals surface area contributed by atoms with Crippen molar-refractivity contribution in [3.05, 3.63) is 65.5 Å². The van der Waals surface area contributed by atoms with Crippen molar-refractivity contribution in [2.75, 3.05) is 6.54 Å². The van der Waals surface area contributed by atoms with Crippen LogP contribution in [0.25, 0.3) is 0 Å². The van der Waals surface area contributed by atoms with Gasteiger partial charge < -0.3 is 4.74 Å². The summed E-state index contributed by atoms with van der Waals surface area (Å²) in [6.07, 6.45) is 9.35. The van der Waals surface area contributed by atoms with Crippen LogP contribution in [-0.2, 0) is 22.4 Å². The molecule has 37 heavy (non-hydrogen) atoms. The minimum Gasteiger partial charge on any atom is -0.444 e. The van der Waals surface area contributed by atoms with Gasteiger partial charge in [0.2, 0.25) is 0 Å². The van der Waals surface area contributed by atoms with Crippen LogP contribution in [0, 0.1) is 11.8 Å². The molecule has 0 N–H and O–H groups in total. The summed E-state index contributed by atoms with van der Waals surface area (Å²) >= 11 is 0. The smallest absolute Gasteiger partial charge is 0.410 e. The quantitative estimate of drug-likeness (QED) is 0.399. The molecule has 2 aliphatic rings. The molecule has 0 bridgehead atoms. The van der Waals surface area contributed by atoms with Crippen LogP contribution in [0.1, 0.15) is 87.3 Å². The number of amides is 1. The summed E-state index contributed by atoms with van der Waals surface area (Å²) in [5.41, 5.74) is 1.80. The Morgan fingerprint density at radius 3 is 2.35 bits per heavy atom. The lowest BCUT2D eigenvalue weighted by molar-refractivity contribution is -0.124. The number of hydrogen-bond acceptors (Lipinski definition) is 5. The Labute approximate surface area is 220 Å². The van der Waals surface area contributed by atoms with Gasteiger partial charge in [-0.15, -0.1) is 0 Å². The van der Waals surface area contributed by atoms with Gasteiger partial charge in [0, 0.05) is 36.8 Å². The van der Waals surface area contributed by atoms with Crippen molar-refractivity contribution in [1.82, 2.24) is 9.88 Å². The SMILES string of the molecule is CC(C)(C)OC(=O)N1CC[C@@H](C2CCCCC2)[C@H]1C(=O)Cc1ccc(C(=O)CCc2ccccn2)cc1. The van der Waals surface area contributed by atoms with E-state index in [-0.39, 0.29) is 23.9 Å². The van der Waals surface area contributed by atoms with E-state index in [0.717, 1.165) is 30.5 Å². The van der Waals surface area contributed by atoms with E-state index in [9.17, 15) is 14.4 Å². The Morgan fingerprint density at radius 2 is 1.70 bits per heavy atom. The Morgan fingerprint density at radius 1 is 0.973 bits per heavy atom. The fourth-order valence-corrected chi connectivity index (χ4v) is 5.86. The highest BCUT2D eigenvalue weighted by atomic mass is 16.6. The molecular formula is C31H40N2O4. The summed E-state index contributed by atoms with van der Waals surface area (Å²) in [6.45, 7) is 6.14. The van der Waals surface area contributed by atoms with Crippen LogP contribution >= 0.6 is 0 Å². The second-order valence-corrected chi connectivity index (χ2v) is 11.6. The maximum absolute atomic E-state index is 13.7. The number of hydrogen-bond donors (Lipinski definition) is 0. The zero-order valence-electron chi connectivity index (χ0n) is 22.4. The number of ketones is 2. The molecule has 1 aliphatic heterocycles. The highest BCUT2D eigenvalue weighted by molar-refractivity contribution is 5.96. The molecule has 6 heteroatoms. The summed E-state index contributed by atoms with van der Waals surface area (Å²) in [5, 5.41) is 0. The number of carbonyl (C=O) groups is 3. The van der Waals surface area contributed by atoms with Gasteiger partial charge in [0.25, 0.3) is 0 Å². The van der Waals surface area contributed by atoms with E-state index < -0.39 is 17.7 Å². The van der Waals surface area contributed by atoms with E-state index in [2.05, 4.69) is 4.98 Å². The monoisotopic (exact) mass is 504 g/mol. The van der Waals surface area contributed by atoms with Crippen LogP contribution in [-0.4, -0.2) is 45.7 Å². The van der Waals surface area contributed by atoms with Gasteiger partial charge in [0.15, 0.2) is 11.6 Å². The van der Waals surface area contributed by atoms with Gasteiger partial charge in [-0.2, -0.15) is 0 Å². The molecule has 6 nitrogen and oxygen atoms in total. The number of pyridine rings is 1. The van der Waals surface area contributed by atoms with E-state index in [1.165, 1.54) is 19.3 Å². The number of aromatic nitrogens is 1. The van der Waals surface area contributed by atoms with Gasteiger partial charge in [-0.25, -0.2) is 4.79 Å². The zero-order valence-corrected chi connectivity index (χ0v) is 22.4. The molecule has 2 fully saturated rings. The van der Waals surface area contributed by atoms with Crippen LogP contribution in [0.5, 0.6) is 0 Å². The van der Waals surface area contributed by atoms with Crippen LogP contribution < -0.4 is 0 Å². The second kappa shape index (κ2) is 12.0. The Balaban J connectivity index is 1.43. The predicted molar refractivity (Wildman–Crippen MR) is 143 cm³/mol. The standard InChI is InChI=1S/C31H40N2O4/c1-31(2,3)37-30(36)33-20-18-26(23-9-5-4-6-10-23)29(33)28(35)21-22-12-14-24(15-13-22)27(34)17-16-25-11-7-8-19-32-25/h7-8,11-15,19,23,26,29H,4-6,9-10,16-18,20-21H2,1-3H3/t26-,29-/m0/s1. The van der Waals surface area contributed by atoms with Crippen molar-refractivity contribution in [1.29, 1.82) is 0 Å². The third kappa shape index (κ3) is 7.27. The summed E-state index contributed by atoms with van der Waals surface area (Å²) in [6, 6.07) is 12.6. The molecule has 2 heterocycles. The van der Waals surface area contributed by atoms with E-state index in [1.54, 1.807) is 11.1 Å². The Hall–Kier alpha value is -3.02. The fourth-order valence-electron chi connectivity index (χ4n) is 5.86. The Kier molecular flexibility index (Phi) is 8.78. The largest absolute Gasteiger partial charge is 0.444 e. The first-order chi connectivity index (χ1) is 17.7. The van der Waals surface area contributed by atoms with E-state index in [0.29, 0.717) is 30.9 Å². The molecule has 1 aromatic carbocycles. The molecular weight excluding hydrogens is 464 g/mol. The number of benzene rings is 1. The highest BCUT2D eigenvalue weighted by Crippen LogP contribution is 2.40. The molecule has 2 atom stereocenters. The Bertz CT molecular complexity index is 1070. The van der Waals surface area contributed by atoms with E-state index in [4.69, 9.17) is 4.74 Å². The van der Waals surface area contributed by atoms with Crippen molar-refractivity contribution in [2.45, 2.75) is 90.2 Å². The molecule has 198 valence electrons. The van der Waals surface area contributed by atoms with Crippen LogP contribution in [0.3, 0.4) is 0 Å². The number of ether oxygens (including phenoxy) is 1. The first-order valence-corrected chi connectivity index (χ1v) is 13.8. The van der Waals surface area contributed by atoms with Crippen molar-refractivity contribution in [2.24, 2.45) is 11.8 Å². The first kappa shape index (κ1) is 27.0. The molecule has 0 spiro atoms. The molecule has 0 radical (unpaired) electrons. The molecule has 4 rings (SSSR count). The minimum absolute atomic E-state index is 0.0628. The lowest BCUT2D eigenvalue weighted by Crippen LogP contribution is -2.47. The number of Topliss-reactive ketones (excluding diaryl/α,β-unsaturated/α-hetero) is 2. The topological polar surface area (TPSA) is 76.6 Å². The minimum atomic E-state index is -0.605. The number of likely N-dealkylation sites (tertiary alicyclic amines) is 1. The molecule has 1 amide bonds. The lowest BCUT2D eigenvalue weighted by atomic mass is 9.75. The molecule has 1 saturated heterocycles. The predicted octanol–water partition coefficient (Wildman–Crippen LogP) is 6.21. The van der Waals surface area contributed by atoms with Gasteiger partial charge in [0.05, 0.1) is 6.04 Å². The lowest BCUT2D eigenvalue weighted by Gasteiger charge is -2.34. The van der Waals surface area contributed by atoms with Gasteiger partial charge in [-0.3, -0.25) is 19.5 Å². The average Bonchev–Trinajstić information content (AvgIpc) is 3.34. The third-order valence-corrected chi connectivity index (χ3v) is 7.65. The van der Waals surface area contributed by atoms with Gasteiger partial charge in [-0.1, -0.05) is 62.4 Å². The normalized spacial score (nSPS) is 20.6. The summed E-state index contributed by atoms with van der Waals surface area (Å²) in [4.78, 5) is 45.4. The summed E-state index contributed by atoms with van der Waals surface area (Å²) in [5.74, 6) is 0.794. The van der Waals surface area contributed by atoms with Gasteiger partial charge in [0.1, 0.15) is 5.60 Å². The van der Waals surface area contributed by atoms with E-state index >= 15 is 0 Å². The molecule has 1 saturated carbocycles. The third-order valence-electron chi connectivity index (χ3n) is 7.65. The molecule has 1 aromatic heterocycles. The second-order valence-electron chi connectivity index (χ2n) is 11.6. The summed E-state index contributed by atoms with van der Waals surface area (Å²) in [7, 11) is 0. The zero-order chi connectivity index (χ0) is 26.4. The highest BCUT2D eigenvalue weighted by Gasteiger charge is 2.46. The van der Waals surface area contributed by atoms with Crippen LogP contribution in [0.4, 0.5) is 4.79 Å². The first-order valence-electron chi connectivity index (χ1n) is 13.8. The van der Waals surface area contributed by atoms with Crippen molar-refractivity contribution >= 4 is 17.7 Å². The molecule has 2 aromatic rings. The van der Waals surface area contributed by atoms with Crippen molar-refractivity contribution in [3.63, 3.8) is 0 Å².